The maximum atomic E-state index is 14.4. The number of aromatic nitrogens is 2. The van der Waals surface area contributed by atoms with Gasteiger partial charge in [-0.2, -0.15) is 15.4 Å². The van der Waals surface area contributed by atoms with Crippen molar-refractivity contribution in [2.45, 2.75) is 6.92 Å². The van der Waals surface area contributed by atoms with E-state index in [0.29, 0.717) is 28.1 Å². The summed E-state index contributed by atoms with van der Waals surface area (Å²) in [6.45, 7) is 1.69. The van der Waals surface area contributed by atoms with Gasteiger partial charge in [-0.3, -0.25) is 4.79 Å². The Kier molecular flexibility index (Phi) is 5.40. The number of aliphatic imine (C=N–C) groups is 2. The Balaban J connectivity index is 1.64. The first-order chi connectivity index (χ1) is 16.5. The van der Waals surface area contributed by atoms with Gasteiger partial charge in [-0.05, 0) is 42.8 Å². The summed E-state index contributed by atoms with van der Waals surface area (Å²) in [6.07, 6.45) is 10.4. The first-order valence-electron chi connectivity index (χ1n) is 10.6. The van der Waals surface area contributed by atoms with E-state index in [4.69, 9.17) is 0 Å². The molecular weight excluding hydrogens is 429 g/mol. The van der Waals surface area contributed by atoms with E-state index in [1.165, 1.54) is 6.07 Å². The van der Waals surface area contributed by atoms with Crippen LogP contribution in [0.2, 0.25) is 0 Å². The van der Waals surface area contributed by atoms with Gasteiger partial charge in [-0.15, -0.1) is 0 Å². The van der Waals surface area contributed by atoms with Gasteiger partial charge in [-0.1, -0.05) is 48.6 Å². The molecule has 164 valence electrons. The summed E-state index contributed by atoms with van der Waals surface area (Å²) in [4.78, 5) is 21.0. The quantitative estimate of drug-likeness (QED) is 0.527. The van der Waals surface area contributed by atoms with Crippen molar-refractivity contribution in [3.63, 3.8) is 0 Å². The highest BCUT2D eigenvalue weighted by Crippen LogP contribution is 2.28. The maximum absolute atomic E-state index is 14.4. The molecule has 6 nitrogen and oxygen atoms in total. The third-order valence-corrected chi connectivity index (χ3v) is 5.59. The van der Waals surface area contributed by atoms with Crippen LogP contribution in [-0.4, -0.2) is 27.2 Å². The number of para-hydroxylation sites is 1. The van der Waals surface area contributed by atoms with Crippen LogP contribution in [0.1, 0.15) is 11.1 Å². The lowest BCUT2D eigenvalue weighted by Crippen LogP contribution is -2.27. The highest BCUT2D eigenvalue weighted by molar-refractivity contribution is 6.26. The normalized spacial score (nSPS) is 17.1. The molecule has 0 spiro atoms. The number of allylic oxidation sites excluding steroid dienone is 3. The molecule has 1 aliphatic carbocycles. The summed E-state index contributed by atoms with van der Waals surface area (Å²) in [5.74, 6) is -1.20. The molecule has 0 saturated heterocycles. The number of carbonyl (C=O) groups excluding carboxylic acids is 1. The lowest BCUT2D eigenvalue weighted by molar-refractivity contribution is -0.118. The third kappa shape index (κ3) is 3.93. The molecule has 2 heterocycles. The topological polar surface area (TPSA) is 83.4 Å². The predicted molar refractivity (Wildman–Crippen MR) is 129 cm³/mol. The lowest BCUT2D eigenvalue weighted by atomic mass is 9.96. The Morgan fingerprint density at radius 2 is 1.97 bits per heavy atom. The molecule has 0 fully saturated rings. The van der Waals surface area contributed by atoms with Crippen molar-refractivity contribution in [3.8, 4) is 23.0 Å². The van der Waals surface area contributed by atoms with E-state index in [1.54, 1.807) is 60.3 Å². The van der Waals surface area contributed by atoms with E-state index >= 15 is 0 Å². The van der Waals surface area contributed by atoms with E-state index in [2.05, 4.69) is 21.2 Å². The summed E-state index contributed by atoms with van der Waals surface area (Å²) in [5.41, 5.74) is 3.61. The van der Waals surface area contributed by atoms with Crippen LogP contribution in [0.4, 0.5) is 4.39 Å². The first-order valence-corrected chi connectivity index (χ1v) is 10.6. The SMILES string of the molecule is Cc1ccc(-c2nn(-c3ccccc3)cc2/C=C(/C#N)C2=NC(=O)C3C=CC=CC3=N2)cc1F. The van der Waals surface area contributed by atoms with Gasteiger partial charge in [0.15, 0.2) is 5.84 Å². The zero-order chi connectivity index (χ0) is 23.7. The van der Waals surface area contributed by atoms with Crippen molar-refractivity contribution in [2.24, 2.45) is 15.9 Å². The van der Waals surface area contributed by atoms with E-state index < -0.39 is 5.92 Å². The summed E-state index contributed by atoms with van der Waals surface area (Å²) in [7, 11) is 0. The molecule has 34 heavy (non-hydrogen) atoms. The highest BCUT2D eigenvalue weighted by atomic mass is 19.1. The summed E-state index contributed by atoms with van der Waals surface area (Å²) < 4.78 is 16.0. The molecule has 0 N–H and O–H groups in total. The molecule has 1 unspecified atom stereocenters. The fraction of sp³-hybridized carbons (Fsp3) is 0.0741. The molecule has 1 amide bonds. The summed E-state index contributed by atoms with van der Waals surface area (Å²) >= 11 is 0. The molecule has 3 aromatic rings. The lowest BCUT2D eigenvalue weighted by Gasteiger charge is -2.17. The first kappa shape index (κ1) is 21.2. The van der Waals surface area contributed by atoms with Gasteiger partial charge < -0.3 is 0 Å². The van der Waals surface area contributed by atoms with Crippen molar-refractivity contribution in [2.75, 3.05) is 0 Å². The van der Waals surface area contributed by atoms with Gasteiger partial charge in [0, 0.05) is 17.3 Å². The molecule has 7 heteroatoms. The van der Waals surface area contributed by atoms with Gasteiger partial charge in [0.1, 0.15) is 23.5 Å². The number of nitrogens with zero attached hydrogens (tertiary/aromatic N) is 5. The minimum absolute atomic E-state index is 0.0483. The number of carbonyl (C=O) groups is 1. The van der Waals surface area contributed by atoms with Crippen LogP contribution in [-0.2, 0) is 4.79 Å². The standard InChI is InChI=1S/C27H18FN5O/c1-17-11-12-18(14-23(17)28)25-20(16-33(32-25)21-7-3-2-4-8-21)13-19(15-29)26-30-24-10-6-5-9-22(24)27(34)31-26/h2-14,16,22H,1H3/b19-13-. The Hall–Kier alpha value is -4.70. The molecule has 2 aliphatic rings. The van der Waals surface area contributed by atoms with Crippen molar-refractivity contribution < 1.29 is 9.18 Å². The van der Waals surface area contributed by atoms with E-state index in [-0.39, 0.29) is 23.1 Å². The summed E-state index contributed by atoms with van der Waals surface area (Å²) in [6, 6.07) is 16.5. The van der Waals surface area contributed by atoms with Crippen molar-refractivity contribution in [1.82, 2.24) is 9.78 Å². The van der Waals surface area contributed by atoms with Crippen LogP contribution < -0.4 is 0 Å². The third-order valence-electron chi connectivity index (χ3n) is 5.59. The zero-order valence-electron chi connectivity index (χ0n) is 18.2. The number of fused-ring (bicyclic) bond motifs is 1. The average molecular weight is 447 g/mol. The molecule has 0 radical (unpaired) electrons. The van der Waals surface area contributed by atoms with Gasteiger partial charge in [0.05, 0.1) is 17.0 Å². The molecular formula is C27H18FN5O. The Morgan fingerprint density at radius 3 is 2.74 bits per heavy atom. The van der Waals surface area contributed by atoms with E-state index in [9.17, 15) is 14.4 Å². The van der Waals surface area contributed by atoms with Crippen molar-refractivity contribution >= 4 is 23.5 Å². The van der Waals surface area contributed by atoms with Crippen LogP contribution in [0.25, 0.3) is 23.0 Å². The molecule has 0 bridgehead atoms. The van der Waals surface area contributed by atoms with Gasteiger partial charge in [0.25, 0.3) is 5.91 Å². The van der Waals surface area contributed by atoms with Crippen LogP contribution in [0.3, 0.4) is 0 Å². The van der Waals surface area contributed by atoms with Crippen LogP contribution in [0.15, 0.2) is 94.6 Å². The molecule has 2 aromatic carbocycles. The molecule has 1 aromatic heterocycles. The number of amidine groups is 1. The fourth-order valence-electron chi connectivity index (χ4n) is 3.76. The van der Waals surface area contributed by atoms with E-state index in [1.807, 2.05) is 30.3 Å². The Morgan fingerprint density at radius 1 is 1.15 bits per heavy atom. The summed E-state index contributed by atoms with van der Waals surface area (Å²) in [5, 5.41) is 14.6. The minimum atomic E-state index is -0.527. The average Bonchev–Trinajstić information content (AvgIpc) is 3.28. The smallest absolute Gasteiger partial charge is 0.260 e. The number of amides is 1. The van der Waals surface area contributed by atoms with Gasteiger partial charge in [0.2, 0.25) is 0 Å². The van der Waals surface area contributed by atoms with Crippen molar-refractivity contribution in [3.05, 3.63) is 102 Å². The number of aryl methyl sites for hydroxylation is 1. The van der Waals surface area contributed by atoms with Crippen LogP contribution in [0, 0.1) is 30.0 Å². The minimum Gasteiger partial charge on any atom is -0.271 e. The number of nitriles is 1. The monoisotopic (exact) mass is 447 g/mol. The zero-order valence-corrected chi connectivity index (χ0v) is 18.2. The second kappa shape index (κ2) is 8.68. The van der Waals surface area contributed by atoms with Crippen LogP contribution in [0.5, 0.6) is 0 Å². The van der Waals surface area contributed by atoms with Crippen molar-refractivity contribution in [1.29, 1.82) is 5.26 Å². The Bertz CT molecular complexity index is 1500. The Labute approximate surface area is 195 Å². The molecule has 5 rings (SSSR count). The second-order valence-corrected chi connectivity index (χ2v) is 7.88. The largest absolute Gasteiger partial charge is 0.271 e. The fourth-order valence-corrected chi connectivity index (χ4v) is 3.76. The molecule has 0 saturated carbocycles. The number of benzene rings is 2. The number of hydrogen-bond donors (Lipinski definition) is 0. The highest BCUT2D eigenvalue weighted by Gasteiger charge is 2.27. The number of rotatable bonds is 4. The number of halogens is 1. The predicted octanol–water partition coefficient (Wildman–Crippen LogP) is 5.02. The second-order valence-electron chi connectivity index (χ2n) is 7.88. The molecule has 1 aliphatic heterocycles. The maximum Gasteiger partial charge on any atom is 0.260 e. The molecule has 1 atom stereocenters. The van der Waals surface area contributed by atoms with Crippen LogP contribution >= 0.6 is 0 Å². The van der Waals surface area contributed by atoms with Gasteiger partial charge in [-0.25, -0.2) is 14.1 Å². The van der Waals surface area contributed by atoms with E-state index in [0.717, 1.165) is 5.69 Å². The van der Waals surface area contributed by atoms with Gasteiger partial charge >= 0.3 is 0 Å². The number of hydrogen-bond acceptors (Lipinski definition) is 4.